The third-order valence-corrected chi connectivity index (χ3v) is 7.49. The molecule has 0 radical (unpaired) electrons. The number of benzene rings is 2. The van der Waals surface area contributed by atoms with Gasteiger partial charge in [-0.05, 0) is 36.1 Å². The molecular formula is C27H28ClN7O2. The van der Waals surface area contributed by atoms with Gasteiger partial charge in [0, 0.05) is 24.2 Å². The Balaban J connectivity index is 1.70. The third kappa shape index (κ3) is 4.66. The number of imidazole rings is 1. The number of aryl methyl sites for hydroxylation is 1. The monoisotopic (exact) mass is 517 g/mol. The molecule has 1 saturated carbocycles. The van der Waals surface area contributed by atoms with Crippen molar-refractivity contribution in [1.29, 1.82) is 5.26 Å². The number of nitriles is 1. The summed E-state index contributed by atoms with van der Waals surface area (Å²) < 4.78 is 4.31. The fraction of sp³-hybridized carbons (Fsp3) is 0.333. The van der Waals surface area contributed by atoms with E-state index in [0.717, 1.165) is 35.8 Å². The Morgan fingerprint density at radius 1 is 1.05 bits per heavy atom. The number of rotatable bonds is 6. The summed E-state index contributed by atoms with van der Waals surface area (Å²) in [5.74, 6) is 0.472. The number of aromatic nitrogens is 4. The van der Waals surface area contributed by atoms with Crippen LogP contribution in [0.2, 0.25) is 5.02 Å². The van der Waals surface area contributed by atoms with Crippen molar-refractivity contribution in [2.75, 3.05) is 5.32 Å². The fourth-order valence-corrected chi connectivity index (χ4v) is 5.21. The van der Waals surface area contributed by atoms with Crippen LogP contribution in [-0.2, 0) is 20.1 Å². The lowest BCUT2D eigenvalue weighted by Gasteiger charge is -2.29. The van der Waals surface area contributed by atoms with Gasteiger partial charge >= 0.3 is 5.69 Å². The Bertz CT molecular complexity index is 1630. The number of fused-ring (bicyclic) bond motifs is 1. The molecule has 0 saturated heterocycles. The fourth-order valence-electron chi connectivity index (χ4n) is 5.01. The van der Waals surface area contributed by atoms with Crippen LogP contribution in [0.4, 0.5) is 5.95 Å². The zero-order valence-corrected chi connectivity index (χ0v) is 21.3. The summed E-state index contributed by atoms with van der Waals surface area (Å²) in [4.78, 5) is 31.9. The summed E-state index contributed by atoms with van der Waals surface area (Å²) >= 11 is 6.48. The minimum Gasteiger partial charge on any atom is -0.351 e. The van der Waals surface area contributed by atoms with Crippen LogP contribution < -0.4 is 22.3 Å². The molecule has 2 aromatic carbocycles. The first kappa shape index (κ1) is 24.8. The molecule has 1 aliphatic rings. The molecule has 0 spiro atoms. The van der Waals surface area contributed by atoms with E-state index in [1.54, 1.807) is 41.9 Å². The van der Waals surface area contributed by atoms with Crippen LogP contribution in [-0.4, -0.2) is 30.8 Å². The van der Waals surface area contributed by atoms with Crippen LogP contribution >= 0.6 is 11.6 Å². The van der Waals surface area contributed by atoms with Gasteiger partial charge < -0.3 is 11.1 Å². The highest BCUT2D eigenvalue weighted by Gasteiger charge is 2.26. The van der Waals surface area contributed by atoms with E-state index in [4.69, 9.17) is 22.3 Å². The lowest BCUT2D eigenvalue weighted by Crippen LogP contribution is -2.43. The van der Waals surface area contributed by atoms with Gasteiger partial charge in [0.15, 0.2) is 11.2 Å². The van der Waals surface area contributed by atoms with Crippen molar-refractivity contribution in [2.45, 2.75) is 50.9 Å². The van der Waals surface area contributed by atoms with Crippen molar-refractivity contribution in [3.05, 3.63) is 91.1 Å². The largest absolute Gasteiger partial charge is 0.351 e. The van der Waals surface area contributed by atoms with E-state index in [0.29, 0.717) is 22.1 Å². The first-order valence-corrected chi connectivity index (χ1v) is 12.7. The van der Waals surface area contributed by atoms with Crippen molar-refractivity contribution in [2.24, 2.45) is 12.8 Å². The molecule has 2 aromatic heterocycles. The van der Waals surface area contributed by atoms with E-state index in [2.05, 4.69) is 11.4 Å². The van der Waals surface area contributed by atoms with Crippen LogP contribution in [0.1, 0.15) is 42.4 Å². The molecule has 0 unspecified atom stereocenters. The Labute approximate surface area is 218 Å². The molecule has 3 N–H and O–H groups in total. The average molecular weight is 518 g/mol. The molecule has 0 aliphatic heterocycles. The van der Waals surface area contributed by atoms with Crippen molar-refractivity contribution in [3.63, 3.8) is 0 Å². The van der Waals surface area contributed by atoms with Gasteiger partial charge in [0.05, 0.1) is 24.7 Å². The van der Waals surface area contributed by atoms with E-state index >= 15 is 0 Å². The predicted molar refractivity (Wildman–Crippen MR) is 144 cm³/mol. The topological polar surface area (TPSA) is 124 Å². The first-order valence-electron chi connectivity index (χ1n) is 12.3. The maximum absolute atomic E-state index is 13.9. The normalized spacial score (nSPS) is 17.6. The van der Waals surface area contributed by atoms with Crippen LogP contribution in [0.25, 0.3) is 11.2 Å². The van der Waals surface area contributed by atoms with Gasteiger partial charge in [0.1, 0.15) is 0 Å². The standard InChI is InChI=1S/C27H28ClN7O2/c1-33-24-23(25(36)35(27(33)37)15-18-9-3-2-8-17(18)14-29)34(16-19-10-4-5-11-20(19)28)26(32-24)31-22-13-7-6-12-21(22)30/h2-5,8-11,21-22H,6-7,12-13,15-16,30H2,1H3,(H,31,32)/t21-,22+/m0/s1. The number of nitrogens with two attached hydrogens (primary N) is 1. The third-order valence-electron chi connectivity index (χ3n) is 7.12. The van der Waals surface area contributed by atoms with Crippen LogP contribution in [0, 0.1) is 11.3 Å². The smallest absolute Gasteiger partial charge is 0.332 e. The zero-order chi connectivity index (χ0) is 26.1. The van der Waals surface area contributed by atoms with Gasteiger partial charge in [-0.15, -0.1) is 0 Å². The van der Waals surface area contributed by atoms with Gasteiger partial charge in [-0.2, -0.15) is 10.2 Å². The Kier molecular flexibility index (Phi) is 6.87. The van der Waals surface area contributed by atoms with E-state index in [-0.39, 0.29) is 36.3 Å². The van der Waals surface area contributed by atoms with E-state index in [1.165, 1.54) is 4.57 Å². The highest BCUT2D eigenvalue weighted by molar-refractivity contribution is 6.31. The second-order valence-corrected chi connectivity index (χ2v) is 9.89. The molecule has 0 bridgehead atoms. The van der Waals surface area contributed by atoms with Crippen LogP contribution in [0.15, 0.2) is 58.1 Å². The van der Waals surface area contributed by atoms with Crippen LogP contribution in [0.3, 0.4) is 0 Å². The molecule has 4 aromatic rings. The summed E-state index contributed by atoms with van der Waals surface area (Å²) in [6.45, 7) is 0.251. The molecule has 190 valence electrons. The quantitative estimate of drug-likeness (QED) is 0.405. The molecule has 37 heavy (non-hydrogen) atoms. The highest BCUT2D eigenvalue weighted by Crippen LogP contribution is 2.25. The molecule has 9 nitrogen and oxygen atoms in total. The molecule has 10 heteroatoms. The molecule has 1 fully saturated rings. The lowest BCUT2D eigenvalue weighted by molar-refractivity contribution is 0.401. The van der Waals surface area contributed by atoms with E-state index < -0.39 is 11.2 Å². The van der Waals surface area contributed by atoms with E-state index in [1.807, 2.05) is 18.2 Å². The Morgan fingerprint density at radius 3 is 2.46 bits per heavy atom. The molecule has 5 rings (SSSR count). The van der Waals surface area contributed by atoms with Crippen molar-refractivity contribution in [3.8, 4) is 6.07 Å². The maximum atomic E-state index is 13.9. The minimum atomic E-state index is -0.506. The number of hydrogen-bond donors (Lipinski definition) is 2. The van der Waals surface area contributed by atoms with Gasteiger partial charge in [0.2, 0.25) is 5.95 Å². The van der Waals surface area contributed by atoms with Gasteiger partial charge in [-0.1, -0.05) is 60.8 Å². The van der Waals surface area contributed by atoms with Crippen molar-refractivity contribution in [1.82, 2.24) is 18.7 Å². The highest BCUT2D eigenvalue weighted by atomic mass is 35.5. The number of hydrogen-bond acceptors (Lipinski definition) is 6. The summed E-state index contributed by atoms with van der Waals surface area (Å²) in [5.41, 5.74) is 7.79. The molecule has 2 atom stereocenters. The summed E-state index contributed by atoms with van der Waals surface area (Å²) in [7, 11) is 1.60. The van der Waals surface area contributed by atoms with E-state index in [9.17, 15) is 14.9 Å². The SMILES string of the molecule is Cn1c(=O)n(Cc2ccccc2C#N)c(=O)c2c1nc(N[C@@H]1CCCC[C@@H]1N)n2Cc1ccccc1Cl. The summed E-state index contributed by atoms with van der Waals surface area (Å²) in [5, 5.41) is 13.5. The van der Waals surface area contributed by atoms with Gasteiger partial charge in [-0.3, -0.25) is 18.5 Å². The average Bonchev–Trinajstić information content (AvgIpc) is 3.26. The number of nitrogens with zero attached hydrogens (tertiary/aromatic N) is 5. The Hall–Kier alpha value is -3.87. The van der Waals surface area contributed by atoms with Crippen LogP contribution in [0.5, 0.6) is 0 Å². The van der Waals surface area contributed by atoms with Crippen molar-refractivity contribution >= 4 is 28.7 Å². The number of anilines is 1. The predicted octanol–water partition coefficient (Wildman–Crippen LogP) is 3.20. The maximum Gasteiger partial charge on any atom is 0.332 e. The molecular weight excluding hydrogens is 490 g/mol. The minimum absolute atomic E-state index is 0.00248. The Morgan fingerprint density at radius 2 is 1.73 bits per heavy atom. The lowest BCUT2D eigenvalue weighted by atomic mass is 9.91. The summed E-state index contributed by atoms with van der Waals surface area (Å²) in [6, 6.07) is 16.5. The van der Waals surface area contributed by atoms with Crippen molar-refractivity contribution < 1.29 is 0 Å². The molecule has 1 aliphatic carbocycles. The second kappa shape index (κ2) is 10.2. The molecule has 0 amide bonds. The number of nitrogens with one attached hydrogen (secondary N) is 1. The molecule has 2 heterocycles. The van der Waals surface area contributed by atoms with Gasteiger partial charge in [0.25, 0.3) is 5.56 Å². The second-order valence-electron chi connectivity index (χ2n) is 9.49. The summed E-state index contributed by atoms with van der Waals surface area (Å²) in [6.07, 6.45) is 3.94. The zero-order valence-electron chi connectivity index (χ0n) is 20.5. The van der Waals surface area contributed by atoms with Gasteiger partial charge in [-0.25, -0.2) is 4.79 Å². The number of halogens is 1. The first-order chi connectivity index (χ1) is 17.9.